The van der Waals surface area contributed by atoms with E-state index in [1.54, 1.807) is 0 Å². The number of aliphatic carboxylic acids is 1. The van der Waals surface area contributed by atoms with Crippen molar-refractivity contribution < 1.29 is 12.6 Å². The summed E-state index contributed by atoms with van der Waals surface area (Å²) in [6.45, 7) is 2.13. The normalized spacial score (nSPS) is 15.0. The number of carboxylic acid groups (broad SMARTS) is 1. The molecule has 0 radical (unpaired) electrons. The lowest BCUT2D eigenvalue weighted by molar-refractivity contribution is -0.136. The summed E-state index contributed by atoms with van der Waals surface area (Å²) < 4.78 is 15.3. The molecule has 24 heavy (non-hydrogen) atoms. The van der Waals surface area contributed by atoms with Gasteiger partial charge in [-0.2, -0.15) is 0 Å². The van der Waals surface area contributed by atoms with Crippen molar-refractivity contribution in [1.29, 1.82) is 0 Å². The minimum atomic E-state index is -0.933. The van der Waals surface area contributed by atoms with Crippen molar-refractivity contribution in [3.8, 4) is 0 Å². The monoisotopic (exact) mass is 332 g/mol. The lowest BCUT2D eigenvalue weighted by atomic mass is 10.2. The van der Waals surface area contributed by atoms with Crippen LogP contribution >= 0.6 is 0 Å². The smallest absolute Gasteiger partial charge is 0.303 e. The van der Waals surface area contributed by atoms with E-state index in [-0.39, 0.29) is 24.9 Å². The lowest BCUT2D eigenvalue weighted by Gasteiger charge is -1.87. The topological polar surface area (TPSA) is 37.3 Å². The highest BCUT2D eigenvalue weighted by Gasteiger charge is 1.90. The van der Waals surface area contributed by atoms with E-state index in [1.807, 2.05) is 12.2 Å². The van der Waals surface area contributed by atoms with Crippen LogP contribution in [0.25, 0.3) is 0 Å². The Morgan fingerprint density at radius 3 is 1.58 bits per heavy atom. The summed E-state index contributed by atoms with van der Waals surface area (Å²) in [6, 6.07) is 0.292. The molecule has 0 saturated heterocycles. The fourth-order valence-electron chi connectivity index (χ4n) is 1.72. The first-order valence-electron chi connectivity index (χ1n) is 9.69. The van der Waals surface area contributed by atoms with Gasteiger partial charge in [0, 0.05) is 6.42 Å². The van der Waals surface area contributed by atoms with E-state index in [9.17, 15) is 4.79 Å². The van der Waals surface area contributed by atoms with Crippen LogP contribution in [0, 0.1) is 0 Å². The van der Waals surface area contributed by atoms with Gasteiger partial charge in [0.15, 0.2) is 0 Å². The molecule has 0 saturated carbocycles. The maximum atomic E-state index is 10.4. The van der Waals surface area contributed by atoms with Gasteiger partial charge in [-0.3, -0.25) is 4.79 Å². The van der Waals surface area contributed by atoms with Crippen molar-refractivity contribution in [3.63, 3.8) is 0 Å². The zero-order valence-electron chi connectivity index (χ0n) is 16.8. The molecule has 0 rings (SSSR count). The second-order valence-electron chi connectivity index (χ2n) is 5.16. The van der Waals surface area contributed by atoms with Crippen LogP contribution in [0.1, 0.15) is 61.0 Å². The van der Waals surface area contributed by atoms with Gasteiger partial charge in [0.2, 0.25) is 0 Å². The summed E-state index contributed by atoms with van der Waals surface area (Å²) in [5, 5.41) is 8.56. The Bertz CT molecular complexity index is 552. The second kappa shape index (κ2) is 19.0. The minimum absolute atomic E-state index is 0.0904. The molecule has 0 spiro atoms. The Kier molecular flexibility index (Phi) is 14.4. The first-order valence-corrected chi connectivity index (χ1v) is 8.69. The van der Waals surface area contributed by atoms with Gasteiger partial charge in [0.25, 0.3) is 0 Å². The molecule has 0 aliphatic rings. The molecule has 0 aliphatic heterocycles. The molecule has 2 nitrogen and oxygen atoms in total. The summed E-state index contributed by atoms with van der Waals surface area (Å²) >= 11 is 0. The van der Waals surface area contributed by atoms with Gasteiger partial charge in [-0.1, -0.05) is 79.8 Å². The molecular weight excluding hydrogens is 296 g/mol. The number of allylic oxidation sites excluding steroid dienone is 12. The first-order chi connectivity index (χ1) is 12.6. The standard InChI is InChI=1S/C22H32O2/c1-2-3-4-5-6-7-8-9-10-11-12-13-14-15-16-17-18-19-20-21-22(23)24/h3-4,6-7,9-10,12-13,15-16,18-19H,2,5,8,11,14,17,20-21H2,1H3,(H,23,24)/b4-3-,7-6-,10-9-,13-12-,16-15-,19-18-/i18T,19T. The van der Waals surface area contributed by atoms with Crippen LogP contribution in [0.4, 0.5) is 0 Å². The lowest BCUT2D eigenvalue weighted by Crippen LogP contribution is -1.91. The SMILES string of the molecule is [3H]/C(C/C=C\C/C=C\C/C=C\C/C=C\C/C=C\CC)=C(\[3H])CCC(=O)O. The maximum Gasteiger partial charge on any atom is 0.303 e. The predicted octanol–water partition coefficient (Wildman–Crippen LogP) is 6.55. The van der Waals surface area contributed by atoms with Crippen LogP contribution in [0.15, 0.2) is 72.9 Å². The Morgan fingerprint density at radius 2 is 1.17 bits per heavy atom. The van der Waals surface area contributed by atoms with Gasteiger partial charge >= 0.3 is 5.97 Å². The highest BCUT2D eigenvalue weighted by atomic mass is 16.4. The van der Waals surface area contributed by atoms with Gasteiger partial charge in [0.05, 0.1) is 2.74 Å². The van der Waals surface area contributed by atoms with Crippen molar-refractivity contribution >= 4 is 5.97 Å². The molecule has 0 fully saturated rings. The molecule has 0 aromatic rings. The highest BCUT2D eigenvalue weighted by molar-refractivity contribution is 5.66. The Hall–Kier alpha value is -2.09. The quantitative estimate of drug-likeness (QED) is 0.366. The van der Waals surface area contributed by atoms with Crippen LogP contribution in [0.5, 0.6) is 0 Å². The third kappa shape index (κ3) is 19.9. The van der Waals surface area contributed by atoms with E-state index < -0.39 is 5.97 Å². The average Bonchev–Trinajstić information content (AvgIpc) is 2.62. The van der Waals surface area contributed by atoms with Crippen molar-refractivity contribution in [3.05, 3.63) is 72.9 Å². The van der Waals surface area contributed by atoms with Crippen LogP contribution in [-0.4, -0.2) is 11.1 Å². The zero-order chi connectivity index (χ0) is 19.5. The van der Waals surface area contributed by atoms with Crippen LogP contribution in [-0.2, 0) is 4.79 Å². The molecule has 0 bridgehead atoms. The summed E-state index contributed by atoms with van der Waals surface area (Å²) in [6.07, 6.45) is 26.2. The fraction of sp³-hybridized carbons (Fsp3) is 0.409. The third-order valence-electron chi connectivity index (χ3n) is 2.97. The minimum Gasteiger partial charge on any atom is -0.481 e. The van der Waals surface area contributed by atoms with E-state index in [4.69, 9.17) is 7.85 Å². The number of rotatable bonds is 14. The summed E-state index contributed by atoms with van der Waals surface area (Å²) in [5.74, 6) is -0.933. The number of hydrogen-bond acceptors (Lipinski definition) is 1. The van der Waals surface area contributed by atoms with Gasteiger partial charge in [-0.25, -0.2) is 0 Å². The molecule has 0 unspecified atom stereocenters. The first kappa shape index (κ1) is 18.3. The maximum absolute atomic E-state index is 10.4. The number of hydrogen-bond donors (Lipinski definition) is 1. The van der Waals surface area contributed by atoms with E-state index in [2.05, 4.69) is 55.5 Å². The molecule has 132 valence electrons. The van der Waals surface area contributed by atoms with Crippen molar-refractivity contribution in [2.75, 3.05) is 0 Å². The molecule has 0 aromatic heterocycles. The Balaban J connectivity index is 3.81. The van der Waals surface area contributed by atoms with Gasteiger partial charge in [-0.15, -0.1) is 0 Å². The fourth-order valence-corrected chi connectivity index (χ4v) is 1.72. The average molecular weight is 333 g/mol. The largest absolute Gasteiger partial charge is 0.481 e. The molecule has 2 heteroatoms. The van der Waals surface area contributed by atoms with Gasteiger partial charge in [-0.05, 0) is 44.9 Å². The summed E-state index contributed by atoms with van der Waals surface area (Å²) in [5.41, 5.74) is 0. The van der Waals surface area contributed by atoms with Crippen molar-refractivity contribution in [2.24, 2.45) is 0 Å². The van der Waals surface area contributed by atoms with Crippen molar-refractivity contribution in [2.45, 2.75) is 58.3 Å². The molecule has 0 aliphatic carbocycles. The molecule has 0 aromatic carbocycles. The van der Waals surface area contributed by atoms with E-state index >= 15 is 0 Å². The van der Waals surface area contributed by atoms with E-state index in [1.165, 1.54) is 0 Å². The molecular formula is C22H32O2. The molecule has 0 amide bonds. The predicted molar refractivity (Wildman–Crippen MR) is 105 cm³/mol. The van der Waals surface area contributed by atoms with Crippen LogP contribution in [0.3, 0.4) is 0 Å². The second-order valence-corrected chi connectivity index (χ2v) is 5.16. The van der Waals surface area contributed by atoms with E-state index in [0.717, 1.165) is 32.1 Å². The highest BCUT2D eigenvalue weighted by Crippen LogP contribution is 1.97. The van der Waals surface area contributed by atoms with Gasteiger partial charge < -0.3 is 5.11 Å². The van der Waals surface area contributed by atoms with E-state index in [0.29, 0.717) is 6.42 Å². The molecule has 0 heterocycles. The van der Waals surface area contributed by atoms with Crippen LogP contribution < -0.4 is 0 Å². The summed E-state index contributed by atoms with van der Waals surface area (Å²) in [4.78, 5) is 10.4. The Labute approximate surface area is 150 Å². The molecule has 1 N–H and O–H groups in total. The molecule has 0 atom stereocenters. The summed E-state index contributed by atoms with van der Waals surface area (Å²) in [7, 11) is 0. The zero-order valence-corrected chi connectivity index (χ0v) is 14.8. The van der Waals surface area contributed by atoms with Crippen molar-refractivity contribution in [1.82, 2.24) is 0 Å². The number of carboxylic acids is 1. The van der Waals surface area contributed by atoms with Crippen LogP contribution in [0.2, 0.25) is 0 Å². The third-order valence-corrected chi connectivity index (χ3v) is 2.97. The number of carbonyl (C=O) groups is 1. The van der Waals surface area contributed by atoms with Gasteiger partial charge in [0.1, 0.15) is 0 Å². The Morgan fingerprint density at radius 1 is 0.750 bits per heavy atom.